The summed E-state index contributed by atoms with van der Waals surface area (Å²) in [4.78, 5) is 23.5. The van der Waals surface area contributed by atoms with E-state index in [-0.39, 0.29) is 0 Å². The molecule has 1 fully saturated rings. The van der Waals surface area contributed by atoms with Crippen molar-refractivity contribution in [1.82, 2.24) is 5.32 Å². The first-order valence-corrected chi connectivity index (χ1v) is 6.21. The van der Waals surface area contributed by atoms with Gasteiger partial charge in [-0.05, 0) is 12.8 Å². The van der Waals surface area contributed by atoms with E-state index in [9.17, 15) is 20.1 Å². The molecule has 0 saturated carbocycles. The lowest BCUT2D eigenvalue weighted by atomic mass is 9.60. The zero-order valence-corrected chi connectivity index (χ0v) is 10.7. The quantitative estimate of drug-likeness (QED) is 0.762. The normalized spacial score (nSPS) is 31.3. The van der Waals surface area contributed by atoms with Crippen molar-refractivity contribution in [3.8, 4) is 12.1 Å². The lowest BCUT2D eigenvalue weighted by Crippen LogP contribution is -2.57. The summed E-state index contributed by atoms with van der Waals surface area (Å²) in [5.41, 5.74) is -0.834. The zero-order valence-electron chi connectivity index (χ0n) is 10.7. The van der Waals surface area contributed by atoms with Crippen LogP contribution < -0.4 is 5.32 Å². The molecule has 96 valence electrons. The highest BCUT2D eigenvalue weighted by molar-refractivity contribution is 6.03. The lowest BCUT2D eigenvalue weighted by Gasteiger charge is -2.42. The highest BCUT2D eigenvalue weighted by Crippen LogP contribution is 2.46. The van der Waals surface area contributed by atoms with Gasteiger partial charge in [0, 0.05) is 5.41 Å². The number of carbonyl (C=O) groups is 2. The Morgan fingerprint density at radius 3 is 2.00 bits per heavy atom. The van der Waals surface area contributed by atoms with Gasteiger partial charge >= 0.3 is 0 Å². The van der Waals surface area contributed by atoms with E-state index < -0.39 is 29.1 Å². The van der Waals surface area contributed by atoms with E-state index in [0.717, 1.165) is 12.8 Å². The number of hydrogen-bond donors (Lipinski definition) is 1. The number of unbranched alkanes of at least 4 members (excludes halogenated alkanes) is 1. The second kappa shape index (κ2) is 5.64. The molecule has 18 heavy (non-hydrogen) atoms. The third-order valence-corrected chi connectivity index (χ3v) is 3.83. The molecule has 1 N–H and O–H groups in total. The Kier molecular flexibility index (Phi) is 4.44. The monoisotopic (exact) mass is 247 g/mol. The van der Waals surface area contributed by atoms with Gasteiger partial charge in [-0.3, -0.25) is 14.9 Å². The van der Waals surface area contributed by atoms with Gasteiger partial charge in [0.05, 0.1) is 12.1 Å². The number of nitriles is 2. The molecule has 0 bridgehead atoms. The lowest BCUT2D eigenvalue weighted by molar-refractivity contribution is -0.145. The predicted octanol–water partition coefficient (Wildman–Crippen LogP) is 1.51. The molecule has 0 aromatic heterocycles. The van der Waals surface area contributed by atoms with Crippen LogP contribution in [0.4, 0.5) is 0 Å². The van der Waals surface area contributed by atoms with Gasteiger partial charge in [0.1, 0.15) is 11.8 Å². The minimum atomic E-state index is -0.920. The van der Waals surface area contributed by atoms with Crippen molar-refractivity contribution >= 4 is 11.8 Å². The van der Waals surface area contributed by atoms with Crippen LogP contribution in [-0.2, 0) is 9.59 Å². The van der Waals surface area contributed by atoms with Crippen molar-refractivity contribution in [2.24, 2.45) is 17.3 Å². The third-order valence-electron chi connectivity index (χ3n) is 3.83. The summed E-state index contributed by atoms with van der Waals surface area (Å²) >= 11 is 0. The fraction of sp³-hybridized carbons (Fsp3) is 0.692. The number of amides is 2. The second-order valence-corrected chi connectivity index (χ2v) is 4.67. The highest BCUT2D eigenvalue weighted by Gasteiger charge is 2.54. The van der Waals surface area contributed by atoms with Crippen LogP contribution in [0.15, 0.2) is 0 Å². The largest absolute Gasteiger partial charge is 0.294 e. The summed E-state index contributed by atoms with van der Waals surface area (Å²) in [6, 6.07) is 3.95. The molecule has 5 heteroatoms. The maximum absolute atomic E-state index is 11.8. The van der Waals surface area contributed by atoms with Crippen LogP contribution >= 0.6 is 0 Å². The van der Waals surface area contributed by atoms with Crippen molar-refractivity contribution in [3.05, 3.63) is 0 Å². The Bertz CT molecular complexity index is 398. The summed E-state index contributed by atoms with van der Waals surface area (Å²) in [5, 5.41) is 20.5. The number of nitrogens with one attached hydrogen (secondary N) is 1. The van der Waals surface area contributed by atoms with E-state index in [2.05, 4.69) is 5.32 Å². The molecule has 2 unspecified atom stereocenters. The zero-order chi connectivity index (χ0) is 13.8. The average molecular weight is 247 g/mol. The smallest absolute Gasteiger partial charge is 0.244 e. The van der Waals surface area contributed by atoms with Crippen LogP contribution in [0.3, 0.4) is 0 Å². The molecule has 0 aromatic carbocycles. The number of hydrogen-bond acceptors (Lipinski definition) is 4. The van der Waals surface area contributed by atoms with Crippen molar-refractivity contribution in [2.45, 2.75) is 39.5 Å². The maximum Gasteiger partial charge on any atom is 0.244 e. The van der Waals surface area contributed by atoms with Gasteiger partial charge in [0.25, 0.3) is 0 Å². The molecule has 1 saturated heterocycles. The molecule has 5 nitrogen and oxygen atoms in total. The molecule has 0 aromatic rings. The molecule has 1 aliphatic heterocycles. The predicted molar refractivity (Wildman–Crippen MR) is 63.6 cm³/mol. The third kappa shape index (κ3) is 2.09. The van der Waals surface area contributed by atoms with Crippen LogP contribution in [0, 0.1) is 39.9 Å². The molecular formula is C13H17N3O2. The first-order chi connectivity index (χ1) is 8.57. The van der Waals surface area contributed by atoms with Crippen LogP contribution in [0.1, 0.15) is 39.5 Å². The van der Waals surface area contributed by atoms with Crippen molar-refractivity contribution in [3.63, 3.8) is 0 Å². The molecule has 0 aliphatic carbocycles. The van der Waals surface area contributed by atoms with Crippen LogP contribution in [0.25, 0.3) is 0 Å². The summed E-state index contributed by atoms with van der Waals surface area (Å²) in [7, 11) is 0. The van der Waals surface area contributed by atoms with Crippen molar-refractivity contribution in [2.75, 3.05) is 0 Å². The Hall–Kier alpha value is -1.88. The summed E-state index contributed by atoms with van der Waals surface area (Å²) < 4.78 is 0. The standard InChI is InChI=1S/C13H17N3O2/c1-3-5-6-13(4-2)9(7-14)11(17)16-12(18)10(13)8-15/h9-10H,3-6H2,1-2H3,(H,16,17,18). The molecule has 0 radical (unpaired) electrons. The fourth-order valence-electron chi connectivity index (χ4n) is 2.71. The Balaban J connectivity index is 3.25. The van der Waals surface area contributed by atoms with Gasteiger partial charge < -0.3 is 0 Å². The minimum absolute atomic E-state index is 0.475. The maximum atomic E-state index is 11.8. The SMILES string of the molecule is CCCCC1(CC)C(C#N)C(=O)NC(=O)C1C#N. The van der Waals surface area contributed by atoms with Gasteiger partial charge in [-0.1, -0.05) is 26.7 Å². The number of rotatable bonds is 4. The van der Waals surface area contributed by atoms with Crippen molar-refractivity contribution < 1.29 is 9.59 Å². The average Bonchev–Trinajstić information content (AvgIpc) is 2.35. The first-order valence-electron chi connectivity index (χ1n) is 6.21. The van der Waals surface area contributed by atoms with Gasteiger partial charge in [-0.2, -0.15) is 10.5 Å². The molecule has 2 atom stereocenters. The number of carbonyl (C=O) groups excluding carboxylic acids is 2. The van der Waals surface area contributed by atoms with Crippen molar-refractivity contribution in [1.29, 1.82) is 10.5 Å². The Labute approximate surface area is 107 Å². The van der Waals surface area contributed by atoms with Crippen LogP contribution in [-0.4, -0.2) is 11.8 Å². The molecule has 2 amide bonds. The van der Waals surface area contributed by atoms with Gasteiger partial charge in [0.2, 0.25) is 11.8 Å². The van der Waals surface area contributed by atoms with Crippen LogP contribution in [0.2, 0.25) is 0 Å². The van der Waals surface area contributed by atoms with Gasteiger partial charge in [-0.25, -0.2) is 0 Å². The summed E-state index contributed by atoms with van der Waals surface area (Å²) in [6.45, 7) is 3.83. The van der Waals surface area contributed by atoms with E-state index >= 15 is 0 Å². The van der Waals surface area contributed by atoms with E-state index in [1.807, 2.05) is 26.0 Å². The van der Waals surface area contributed by atoms with E-state index in [1.54, 1.807) is 0 Å². The molecule has 1 heterocycles. The number of piperidine rings is 1. The highest BCUT2D eigenvalue weighted by atomic mass is 16.2. The van der Waals surface area contributed by atoms with E-state index in [4.69, 9.17) is 0 Å². The van der Waals surface area contributed by atoms with Gasteiger partial charge in [-0.15, -0.1) is 0 Å². The Morgan fingerprint density at radius 2 is 1.67 bits per heavy atom. The summed E-state index contributed by atoms with van der Waals surface area (Å²) in [5.74, 6) is -2.97. The Morgan fingerprint density at radius 1 is 1.17 bits per heavy atom. The molecular weight excluding hydrogens is 230 g/mol. The molecule has 1 rings (SSSR count). The fourth-order valence-corrected chi connectivity index (χ4v) is 2.71. The number of nitrogens with zero attached hydrogens (tertiary/aromatic N) is 2. The van der Waals surface area contributed by atoms with Gasteiger partial charge in [0.15, 0.2) is 0 Å². The number of imide groups is 1. The molecule has 0 spiro atoms. The summed E-state index contributed by atoms with van der Waals surface area (Å²) in [6.07, 6.45) is 2.72. The van der Waals surface area contributed by atoms with E-state index in [0.29, 0.717) is 12.8 Å². The first kappa shape index (κ1) is 14.2. The minimum Gasteiger partial charge on any atom is -0.294 e. The van der Waals surface area contributed by atoms with E-state index in [1.165, 1.54) is 0 Å². The topological polar surface area (TPSA) is 93.8 Å². The second-order valence-electron chi connectivity index (χ2n) is 4.67. The molecule has 1 aliphatic rings. The van der Waals surface area contributed by atoms with Crippen LogP contribution in [0.5, 0.6) is 0 Å².